The fourth-order valence-corrected chi connectivity index (χ4v) is 3.13. The summed E-state index contributed by atoms with van der Waals surface area (Å²) in [6.07, 6.45) is 0. The van der Waals surface area contributed by atoms with E-state index in [2.05, 4.69) is 45.0 Å². The number of hydrogen-bond acceptors (Lipinski definition) is 1. The van der Waals surface area contributed by atoms with E-state index in [1.54, 1.807) is 0 Å². The van der Waals surface area contributed by atoms with E-state index in [9.17, 15) is 0 Å². The van der Waals surface area contributed by atoms with Gasteiger partial charge in [-0.1, -0.05) is 32.0 Å². The van der Waals surface area contributed by atoms with Gasteiger partial charge in [0.1, 0.15) is 0 Å². The fraction of sp³-hybridized carbons (Fsp3) is 0.333. The number of fused-ring (bicyclic) bond motifs is 1. The van der Waals surface area contributed by atoms with Crippen LogP contribution in [0.1, 0.15) is 30.2 Å². The van der Waals surface area contributed by atoms with Crippen LogP contribution in [0.15, 0.2) is 24.3 Å². The highest BCUT2D eigenvalue weighted by Crippen LogP contribution is 2.35. The minimum absolute atomic E-state index is 0.635. The summed E-state index contributed by atoms with van der Waals surface area (Å²) in [7, 11) is 0. The van der Waals surface area contributed by atoms with E-state index in [-0.39, 0.29) is 0 Å². The molecular weight excluding hydrogens is 176 g/mol. The summed E-state index contributed by atoms with van der Waals surface area (Å²) in [5.74, 6) is 0.635. The standard InChI is InChI=1S/C12H14S/c1-8(2)12-9(3)13-11-7-5-4-6-10(11)12/h4-8H,1-3H3. The Hall–Kier alpha value is -0.820. The molecule has 1 heterocycles. The van der Waals surface area contributed by atoms with Crippen LogP contribution in [0.25, 0.3) is 10.1 Å². The van der Waals surface area contributed by atoms with Crippen LogP contribution in [-0.4, -0.2) is 0 Å². The number of benzene rings is 1. The zero-order valence-electron chi connectivity index (χ0n) is 8.29. The van der Waals surface area contributed by atoms with Crippen LogP contribution in [-0.2, 0) is 0 Å². The van der Waals surface area contributed by atoms with E-state index in [0.29, 0.717) is 5.92 Å². The lowest BCUT2D eigenvalue weighted by molar-refractivity contribution is 0.873. The van der Waals surface area contributed by atoms with Crippen molar-refractivity contribution in [1.29, 1.82) is 0 Å². The largest absolute Gasteiger partial charge is 0.140 e. The second kappa shape index (κ2) is 3.15. The van der Waals surface area contributed by atoms with Crippen LogP contribution < -0.4 is 0 Å². The van der Waals surface area contributed by atoms with Crippen molar-refractivity contribution in [1.82, 2.24) is 0 Å². The summed E-state index contributed by atoms with van der Waals surface area (Å²) >= 11 is 1.91. The van der Waals surface area contributed by atoms with Crippen molar-refractivity contribution in [3.63, 3.8) is 0 Å². The maximum atomic E-state index is 2.27. The molecule has 0 aliphatic heterocycles. The van der Waals surface area contributed by atoms with Crippen molar-refractivity contribution in [3.8, 4) is 0 Å². The first-order chi connectivity index (χ1) is 6.20. The molecule has 0 aliphatic carbocycles. The molecule has 0 fully saturated rings. The van der Waals surface area contributed by atoms with Gasteiger partial charge in [-0.2, -0.15) is 0 Å². The number of aryl methyl sites for hydroxylation is 1. The molecule has 1 aromatic carbocycles. The first-order valence-electron chi connectivity index (χ1n) is 4.68. The molecule has 0 N–H and O–H groups in total. The second-order valence-corrected chi connectivity index (χ2v) is 4.98. The van der Waals surface area contributed by atoms with Crippen molar-refractivity contribution in [2.24, 2.45) is 0 Å². The van der Waals surface area contributed by atoms with Crippen LogP contribution in [0.2, 0.25) is 0 Å². The van der Waals surface area contributed by atoms with E-state index in [1.165, 1.54) is 20.5 Å². The molecule has 0 atom stereocenters. The summed E-state index contributed by atoms with van der Waals surface area (Å²) in [6.45, 7) is 6.75. The minimum atomic E-state index is 0.635. The predicted octanol–water partition coefficient (Wildman–Crippen LogP) is 4.33. The third-order valence-electron chi connectivity index (χ3n) is 2.40. The smallest absolute Gasteiger partial charge is 0.0348 e. The summed E-state index contributed by atoms with van der Waals surface area (Å²) in [4.78, 5) is 1.47. The van der Waals surface area contributed by atoms with E-state index < -0.39 is 0 Å². The maximum absolute atomic E-state index is 2.27. The Morgan fingerprint density at radius 2 is 1.85 bits per heavy atom. The highest BCUT2D eigenvalue weighted by atomic mass is 32.1. The Morgan fingerprint density at radius 1 is 1.15 bits per heavy atom. The Morgan fingerprint density at radius 3 is 2.54 bits per heavy atom. The zero-order valence-corrected chi connectivity index (χ0v) is 9.11. The molecule has 0 spiro atoms. The molecule has 13 heavy (non-hydrogen) atoms. The molecule has 0 bridgehead atoms. The average molecular weight is 190 g/mol. The highest BCUT2D eigenvalue weighted by Gasteiger charge is 2.10. The van der Waals surface area contributed by atoms with Gasteiger partial charge < -0.3 is 0 Å². The molecule has 2 aromatic rings. The molecular formula is C12H14S. The van der Waals surface area contributed by atoms with E-state index in [0.717, 1.165) is 0 Å². The van der Waals surface area contributed by atoms with Gasteiger partial charge in [-0.3, -0.25) is 0 Å². The molecule has 68 valence electrons. The first-order valence-corrected chi connectivity index (χ1v) is 5.50. The molecule has 2 rings (SSSR count). The third-order valence-corrected chi connectivity index (χ3v) is 3.50. The number of hydrogen-bond donors (Lipinski definition) is 0. The van der Waals surface area contributed by atoms with Gasteiger partial charge in [0.05, 0.1) is 0 Å². The Kier molecular flexibility index (Phi) is 2.12. The van der Waals surface area contributed by atoms with Crippen molar-refractivity contribution >= 4 is 21.4 Å². The highest BCUT2D eigenvalue weighted by molar-refractivity contribution is 7.19. The minimum Gasteiger partial charge on any atom is -0.140 e. The van der Waals surface area contributed by atoms with Crippen LogP contribution in [0.4, 0.5) is 0 Å². The van der Waals surface area contributed by atoms with Crippen LogP contribution in [0.3, 0.4) is 0 Å². The first kappa shape index (κ1) is 8.76. The normalized spacial score (nSPS) is 11.4. The van der Waals surface area contributed by atoms with Crippen molar-refractivity contribution in [3.05, 3.63) is 34.7 Å². The SMILES string of the molecule is Cc1sc2ccccc2c1C(C)C. The molecule has 1 aromatic heterocycles. The zero-order chi connectivity index (χ0) is 9.42. The van der Waals surface area contributed by atoms with Crippen LogP contribution >= 0.6 is 11.3 Å². The van der Waals surface area contributed by atoms with Gasteiger partial charge in [0.2, 0.25) is 0 Å². The second-order valence-electron chi connectivity index (χ2n) is 3.72. The summed E-state index contributed by atoms with van der Waals surface area (Å²) in [5.41, 5.74) is 1.53. The molecule has 1 heteroatoms. The van der Waals surface area contributed by atoms with E-state index >= 15 is 0 Å². The molecule has 0 amide bonds. The van der Waals surface area contributed by atoms with Gasteiger partial charge in [0, 0.05) is 9.58 Å². The molecule has 0 unspecified atom stereocenters. The van der Waals surface area contributed by atoms with Crippen molar-refractivity contribution in [2.75, 3.05) is 0 Å². The molecule has 0 nitrogen and oxygen atoms in total. The molecule has 0 saturated heterocycles. The van der Waals surface area contributed by atoms with Crippen molar-refractivity contribution < 1.29 is 0 Å². The Bertz CT molecular complexity index is 424. The monoisotopic (exact) mass is 190 g/mol. The molecule has 0 saturated carbocycles. The quantitative estimate of drug-likeness (QED) is 0.627. The third kappa shape index (κ3) is 1.37. The fourth-order valence-electron chi connectivity index (χ4n) is 1.91. The topological polar surface area (TPSA) is 0 Å². The summed E-state index contributed by atoms with van der Waals surface area (Å²) < 4.78 is 1.42. The van der Waals surface area contributed by atoms with Crippen LogP contribution in [0, 0.1) is 6.92 Å². The van der Waals surface area contributed by atoms with Gasteiger partial charge in [0.25, 0.3) is 0 Å². The lowest BCUT2D eigenvalue weighted by Crippen LogP contribution is -1.86. The van der Waals surface area contributed by atoms with Gasteiger partial charge in [0.15, 0.2) is 0 Å². The lowest BCUT2D eigenvalue weighted by Gasteiger charge is -2.04. The molecule has 0 radical (unpaired) electrons. The van der Waals surface area contributed by atoms with E-state index in [1.807, 2.05) is 11.3 Å². The van der Waals surface area contributed by atoms with Crippen LogP contribution in [0.5, 0.6) is 0 Å². The average Bonchev–Trinajstić information content (AvgIpc) is 2.39. The van der Waals surface area contributed by atoms with Gasteiger partial charge in [-0.05, 0) is 29.9 Å². The predicted molar refractivity (Wildman–Crippen MR) is 60.7 cm³/mol. The van der Waals surface area contributed by atoms with Gasteiger partial charge in [-0.25, -0.2) is 0 Å². The number of rotatable bonds is 1. The Balaban J connectivity index is 2.78. The van der Waals surface area contributed by atoms with E-state index in [4.69, 9.17) is 0 Å². The summed E-state index contributed by atoms with van der Waals surface area (Å²) in [6, 6.07) is 8.68. The van der Waals surface area contributed by atoms with Gasteiger partial charge >= 0.3 is 0 Å². The Labute approximate surface area is 83.2 Å². The summed E-state index contributed by atoms with van der Waals surface area (Å²) in [5, 5.41) is 1.44. The number of thiophene rings is 1. The van der Waals surface area contributed by atoms with Gasteiger partial charge in [-0.15, -0.1) is 11.3 Å². The lowest BCUT2D eigenvalue weighted by atomic mass is 10.0. The van der Waals surface area contributed by atoms with Crippen molar-refractivity contribution in [2.45, 2.75) is 26.7 Å². The molecule has 0 aliphatic rings. The maximum Gasteiger partial charge on any atom is 0.0348 e.